The fraction of sp³-hybridized carbons (Fsp3) is 0.538. The quantitative estimate of drug-likeness (QED) is 0.873. The van der Waals surface area contributed by atoms with Crippen LogP contribution in [0.1, 0.15) is 29.7 Å². The summed E-state index contributed by atoms with van der Waals surface area (Å²) in [5.41, 5.74) is 3.02. The van der Waals surface area contributed by atoms with Gasteiger partial charge in [0.2, 0.25) is 0 Å². The maximum absolute atomic E-state index is 12.2. The monoisotopic (exact) mass is 261 g/mol. The van der Waals surface area contributed by atoms with E-state index < -0.39 is 18.8 Å². The van der Waals surface area contributed by atoms with Gasteiger partial charge in [-0.1, -0.05) is 23.8 Å². The number of nitrogens with one attached hydrogen (secondary N) is 1. The minimum absolute atomic E-state index is 0.234. The summed E-state index contributed by atoms with van der Waals surface area (Å²) >= 11 is 0. The molecule has 2 N–H and O–H groups in total. The highest BCUT2D eigenvalue weighted by Crippen LogP contribution is 2.22. The lowest BCUT2D eigenvalue weighted by atomic mass is 10.00. The van der Waals surface area contributed by atoms with Crippen LogP contribution in [0.5, 0.6) is 0 Å². The zero-order valence-electron chi connectivity index (χ0n) is 10.7. The van der Waals surface area contributed by atoms with Crippen LogP contribution in [-0.4, -0.2) is 23.9 Å². The first-order chi connectivity index (χ1) is 8.21. The van der Waals surface area contributed by atoms with Crippen LogP contribution in [0.15, 0.2) is 18.2 Å². The number of rotatable bonds is 4. The van der Waals surface area contributed by atoms with Gasteiger partial charge in [0.25, 0.3) is 0 Å². The van der Waals surface area contributed by atoms with Gasteiger partial charge in [-0.2, -0.15) is 13.2 Å². The van der Waals surface area contributed by atoms with Gasteiger partial charge in [0.1, 0.15) is 0 Å². The Morgan fingerprint density at radius 3 is 2.44 bits per heavy atom. The molecule has 0 aliphatic carbocycles. The fourth-order valence-corrected chi connectivity index (χ4v) is 1.74. The van der Waals surface area contributed by atoms with E-state index in [2.05, 4.69) is 5.32 Å². The maximum atomic E-state index is 12.2. The second kappa shape index (κ2) is 5.71. The van der Waals surface area contributed by atoms with E-state index in [1.165, 1.54) is 0 Å². The van der Waals surface area contributed by atoms with Crippen molar-refractivity contribution >= 4 is 0 Å². The van der Waals surface area contributed by atoms with Gasteiger partial charge in [0.05, 0.1) is 0 Å². The van der Waals surface area contributed by atoms with Crippen LogP contribution in [0.4, 0.5) is 13.2 Å². The molecular formula is C13H18F3NO. The minimum Gasteiger partial charge on any atom is -0.382 e. The summed E-state index contributed by atoms with van der Waals surface area (Å²) in [5.74, 6) is 0. The van der Waals surface area contributed by atoms with E-state index in [0.29, 0.717) is 0 Å². The van der Waals surface area contributed by atoms with Crippen LogP contribution in [0.25, 0.3) is 0 Å². The highest BCUT2D eigenvalue weighted by molar-refractivity contribution is 5.32. The predicted molar refractivity (Wildman–Crippen MR) is 64.4 cm³/mol. The Balaban J connectivity index is 2.66. The Hall–Kier alpha value is -1.07. The molecule has 0 saturated heterocycles. The fourth-order valence-electron chi connectivity index (χ4n) is 1.74. The Bertz CT molecular complexity index is 404. The minimum atomic E-state index is -4.58. The number of hydrogen-bond donors (Lipinski definition) is 2. The van der Waals surface area contributed by atoms with Crippen LogP contribution < -0.4 is 5.32 Å². The van der Waals surface area contributed by atoms with Gasteiger partial charge in [0.15, 0.2) is 6.10 Å². The molecule has 18 heavy (non-hydrogen) atoms. The number of aliphatic hydroxyl groups excluding tert-OH is 1. The molecule has 0 fully saturated rings. The Morgan fingerprint density at radius 2 is 1.89 bits per heavy atom. The molecule has 0 saturated carbocycles. The molecule has 1 rings (SSSR count). The molecule has 2 nitrogen and oxygen atoms in total. The Kier molecular flexibility index (Phi) is 4.76. The van der Waals surface area contributed by atoms with Crippen LogP contribution in [0, 0.1) is 13.8 Å². The summed E-state index contributed by atoms with van der Waals surface area (Å²) in [7, 11) is 0. The summed E-state index contributed by atoms with van der Waals surface area (Å²) in [6, 6.07) is 5.59. The van der Waals surface area contributed by atoms with E-state index in [4.69, 9.17) is 5.11 Å². The van der Waals surface area contributed by atoms with E-state index in [0.717, 1.165) is 16.7 Å². The second-order valence-electron chi connectivity index (χ2n) is 4.55. The molecule has 0 radical (unpaired) electrons. The zero-order chi connectivity index (χ0) is 13.9. The van der Waals surface area contributed by atoms with E-state index in [9.17, 15) is 13.2 Å². The van der Waals surface area contributed by atoms with E-state index in [-0.39, 0.29) is 6.04 Å². The van der Waals surface area contributed by atoms with Crippen molar-refractivity contribution in [2.24, 2.45) is 0 Å². The molecule has 1 aromatic carbocycles. The third kappa shape index (κ3) is 3.99. The van der Waals surface area contributed by atoms with Crippen molar-refractivity contribution in [3.05, 3.63) is 34.9 Å². The first-order valence-corrected chi connectivity index (χ1v) is 5.77. The smallest absolute Gasteiger partial charge is 0.382 e. The number of halogens is 3. The van der Waals surface area contributed by atoms with Crippen molar-refractivity contribution in [2.45, 2.75) is 39.1 Å². The molecule has 0 amide bonds. The molecule has 1 aromatic rings. The first-order valence-electron chi connectivity index (χ1n) is 5.77. The number of aryl methyl sites for hydroxylation is 2. The van der Waals surface area contributed by atoms with Crippen molar-refractivity contribution in [3.63, 3.8) is 0 Å². The van der Waals surface area contributed by atoms with Gasteiger partial charge >= 0.3 is 6.18 Å². The number of hydrogen-bond acceptors (Lipinski definition) is 2. The Labute approximate surface area is 105 Å². The third-order valence-electron chi connectivity index (χ3n) is 2.90. The lowest BCUT2D eigenvalue weighted by molar-refractivity contribution is -0.202. The molecular weight excluding hydrogens is 243 g/mol. The standard InChI is InChI=1S/C13H18F3NO/c1-8-4-5-9(2)11(6-8)10(3)17-7-12(18)13(14,15)16/h4-6,10,12,17-18H,7H2,1-3H3. The number of aliphatic hydroxyl groups is 1. The molecule has 2 unspecified atom stereocenters. The van der Waals surface area contributed by atoms with Crippen LogP contribution in [0.2, 0.25) is 0 Å². The largest absolute Gasteiger partial charge is 0.415 e. The van der Waals surface area contributed by atoms with Crippen LogP contribution in [0.3, 0.4) is 0 Å². The van der Waals surface area contributed by atoms with Crippen molar-refractivity contribution in [3.8, 4) is 0 Å². The Morgan fingerprint density at radius 1 is 1.28 bits per heavy atom. The molecule has 0 heterocycles. The number of alkyl halides is 3. The van der Waals surface area contributed by atoms with E-state index in [1.807, 2.05) is 32.0 Å². The highest BCUT2D eigenvalue weighted by atomic mass is 19.4. The number of benzene rings is 1. The second-order valence-corrected chi connectivity index (χ2v) is 4.55. The first kappa shape index (κ1) is 15.0. The molecule has 5 heteroatoms. The molecule has 0 bridgehead atoms. The highest BCUT2D eigenvalue weighted by Gasteiger charge is 2.37. The SMILES string of the molecule is Cc1ccc(C)c(C(C)NCC(O)C(F)(F)F)c1. The van der Waals surface area contributed by atoms with Crippen LogP contribution in [-0.2, 0) is 0 Å². The lowest BCUT2D eigenvalue weighted by Gasteiger charge is -2.20. The van der Waals surface area contributed by atoms with Gasteiger partial charge in [0, 0.05) is 12.6 Å². The van der Waals surface area contributed by atoms with Gasteiger partial charge in [-0.3, -0.25) is 0 Å². The summed E-state index contributed by atoms with van der Waals surface area (Å²) in [4.78, 5) is 0. The summed E-state index contributed by atoms with van der Waals surface area (Å²) < 4.78 is 36.5. The summed E-state index contributed by atoms with van der Waals surface area (Å²) in [6.07, 6.45) is -6.90. The molecule has 0 aromatic heterocycles. The molecule has 0 spiro atoms. The third-order valence-corrected chi connectivity index (χ3v) is 2.90. The van der Waals surface area contributed by atoms with E-state index in [1.54, 1.807) is 6.92 Å². The molecule has 2 atom stereocenters. The predicted octanol–water partition coefficient (Wildman–Crippen LogP) is 2.88. The summed E-state index contributed by atoms with van der Waals surface area (Å²) in [6.45, 7) is 5.12. The van der Waals surface area contributed by atoms with E-state index >= 15 is 0 Å². The average molecular weight is 261 g/mol. The van der Waals surface area contributed by atoms with Crippen molar-refractivity contribution in [1.82, 2.24) is 5.32 Å². The van der Waals surface area contributed by atoms with Crippen molar-refractivity contribution in [1.29, 1.82) is 0 Å². The van der Waals surface area contributed by atoms with Gasteiger partial charge < -0.3 is 10.4 Å². The zero-order valence-corrected chi connectivity index (χ0v) is 10.7. The topological polar surface area (TPSA) is 32.3 Å². The van der Waals surface area contributed by atoms with Gasteiger partial charge in [-0.05, 0) is 31.9 Å². The lowest BCUT2D eigenvalue weighted by Crippen LogP contribution is -2.39. The van der Waals surface area contributed by atoms with Gasteiger partial charge in [-0.15, -0.1) is 0 Å². The van der Waals surface area contributed by atoms with Crippen molar-refractivity contribution in [2.75, 3.05) is 6.54 Å². The van der Waals surface area contributed by atoms with Crippen molar-refractivity contribution < 1.29 is 18.3 Å². The maximum Gasteiger partial charge on any atom is 0.415 e. The summed E-state index contributed by atoms with van der Waals surface area (Å²) in [5, 5.41) is 11.6. The molecule has 0 aliphatic rings. The molecule has 102 valence electrons. The normalized spacial score (nSPS) is 15.5. The average Bonchev–Trinajstić information content (AvgIpc) is 2.27. The van der Waals surface area contributed by atoms with Crippen LogP contribution >= 0.6 is 0 Å². The van der Waals surface area contributed by atoms with Gasteiger partial charge in [-0.25, -0.2) is 0 Å². The molecule has 0 aliphatic heterocycles.